The monoisotopic (exact) mass is 258 g/mol. The van der Waals surface area contributed by atoms with Crippen molar-refractivity contribution in [1.82, 2.24) is 10.6 Å². The Hall–Kier alpha value is -1.59. The predicted octanol–water partition coefficient (Wildman–Crippen LogP) is 0.361. The van der Waals surface area contributed by atoms with Crippen LogP contribution in [0.4, 0.5) is 0 Å². The molecule has 0 rings (SSSR count). The third-order valence-electron chi connectivity index (χ3n) is 2.53. The lowest BCUT2D eigenvalue weighted by Crippen LogP contribution is -2.53. The first-order valence-electron chi connectivity index (χ1n) is 5.99. The Labute approximate surface area is 107 Å². The Kier molecular flexibility index (Phi) is 7.00. The van der Waals surface area contributed by atoms with E-state index in [0.29, 0.717) is 6.42 Å². The number of hydrogen-bond acceptors (Lipinski definition) is 4. The molecule has 0 aliphatic rings. The molecule has 0 fully saturated rings. The molecule has 2 N–H and O–H groups in total. The summed E-state index contributed by atoms with van der Waals surface area (Å²) in [6.45, 7) is 5.20. The van der Waals surface area contributed by atoms with Crippen molar-refractivity contribution in [2.45, 2.75) is 45.6 Å². The zero-order valence-electron chi connectivity index (χ0n) is 11.5. The highest BCUT2D eigenvalue weighted by atomic mass is 16.5. The molecule has 0 radical (unpaired) electrons. The van der Waals surface area contributed by atoms with Gasteiger partial charge < -0.3 is 15.4 Å². The van der Waals surface area contributed by atoms with Crippen molar-refractivity contribution >= 4 is 17.8 Å². The second-order valence-electron chi connectivity index (χ2n) is 4.35. The molecule has 18 heavy (non-hydrogen) atoms. The first-order chi connectivity index (χ1) is 8.35. The van der Waals surface area contributed by atoms with Crippen LogP contribution in [0.15, 0.2) is 0 Å². The molecule has 0 aliphatic carbocycles. The van der Waals surface area contributed by atoms with Crippen LogP contribution < -0.4 is 10.6 Å². The van der Waals surface area contributed by atoms with Crippen molar-refractivity contribution in [3.63, 3.8) is 0 Å². The van der Waals surface area contributed by atoms with Gasteiger partial charge in [0.2, 0.25) is 11.8 Å². The number of methoxy groups -OCH3 is 1. The van der Waals surface area contributed by atoms with Crippen LogP contribution in [-0.4, -0.2) is 37.0 Å². The topological polar surface area (TPSA) is 84.5 Å². The summed E-state index contributed by atoms with van der Waals surface area (Å²) in [7, 11) is 1.29. The maximum atomic E-state index is 11.7. The molecule has 0 aliphatic heterocycles. The van der Waals surface area contributed by atoms with E-state index in [1.807, 2.05) is 6.92 Å². The van der Waals surface area contributed by atoms with E-state index < -0.39 is 11.5 Å². The zero-order chi connectivity index (χ0) is 14.2. The summed E-state index contributed by atoms with van der Waals surface area (Å²) in [5, 5.41) is 5.18. The van der Waals surface area contributed by atoms with Gasteiger partial charge in [-0.2, -0.15) is 0 Å². The molecule has 2 amide bonds. The number of hydrogen-bond donors (Lipinski definition) is 2. The van der Waals surface area contributed by atoms with E-state index in [-0.39, 0.29) is 24.8 Å². The number of carbonyl (C=O) groups is 3. The van der Waals surface area contributed by atoms with E-state index in [1.54, 1.807) is 6.92 Å². The molecule has 0 spiro atoms. The molecule has 1 atom stereocenters. The van der Waals surface area contributed by atoms with Crippen LogP contribution in [-0.2, 0) is 19.1 Å². The molecule has 0 aromatic rings. The van der Waals surface area contributed by atoms with Gasteiger partial charge in [0.05, 0.1) is 7.11 Å². The highest BCUT2D eigenvalue weighted by Crippen LogP contribution is 2.14. The highest BCUT2D eigenvalue weighted by molar-refractivity contribution is 5.87. The molecular formula is C12H22N2O4. The maximum absolute atomic E-state index is 11.7. The van der Waals surface area contributed by atoms with Crippen LogP contribution in [0.5, 0.6) is 0 Å². The number of amides is 2. The van der Waals surface area contributed by atoms with Gasteiger partial charge in [0.15, 0.2) is 0 Å². The van der Waals surface area contributed by atoms with Crippen LogP contribution in [0.3, 0.4) is 0 Å². The van der Waals surface area contributed by atoms with Gasteiger partial charge in [-0.15, -0.1) is 0 Å². The van der Waals surface area contributed by atoms with Crippen LogP contribution in [0.25, 0.3) is 0 Å². The standard InChI is InChI=1S/C12H22N2O4/c1-5-7-12(3,11(17)18-4)14-10(16)6-8-13-9(2)15/h5-8H2,1-4H3,(H,13,15)(H,14,16). The molecule has 0 aromatic carbocycles. The van der Waals surface area contributed by atoms with Gasteiger partial charge >= 0.3 is 5.97 Å². The van der Waals surface area contributed by atoms with Gasteiger partial charge in [-0.25, -0.2) is 4.79 Å². The van der Waals surface area contributed by atoms with Gasteiger partial charge in [-0.1, -0.05) is 13.3 Å². The Balaban J connectivity index is 4.36. The molecule has 0 saturated carbocycles. The molecule has 1 unspecified atom stereocenters. The van der Waals surface area contributed by atoms with E-state index in [1.165, 1.54) is 14.0 Å². The summed E-state index contributed by atoms with van der Waals surface area (Å²) in [6, 6.07) is 0. The Morgan fingerprint density at radius 1 is 1.28 bits per heavy atom. The smallest absolute Gasteiger partial charge is 0.331 e. The Morgan fingerprint density at radius 3 is 2.33 bits per heavy atom. The Morgan fingerprint density at radius 2 is 1.89 bits per heavy atom. The fourth-order valence-corrected chi connectivity index (χ4v) is 1.66. The lowest BCUT2D eigenvalue weighted by atomic mass is 9.96. The fraction of sp³-hybridized carbons (Fsp3) is 0.750. The molecule has 0 heterocycles. The quantitative estimate of drug-likeness (QED) is 0.646. The van der Waals surface area contributed by atoms with E-state index >= 15 is 0 Å². The zero-order valence-corrected chi connectivity index (χ0v) is 11.5. The van der Waals surface area contributed by atoms with E-state index in [0.717, 1.165) is 6.42 Å². The molecular weight excluding hydrogens is 236 g/mol. The third kappa shape index (κ3) is 5.65. The minimum Gasteiger partial charge on any atom is -0.467 e. The SMILES string of the molecule is CCCC(C)(NC(=O)CCNC(C)=O)C(=O)OC. The van der Waals surface area contributed by atoms with Crippen molar-refractivity contribution in [3.05, 3.63) is 0 Å². The summed E-state index contributed by atoms with van der Waals surface area (Å²) in [5.41, 5.74) is -1.00. The first kappa shape index (κ1) is 16.4. The average Bonchev–Trinajstić information content (AvgIpc) is 2.27. The minimum atomic E-state index is -1.00. The first-order valence-corrected chi connectivity index (χ1v) is 5.99. The number of esters is 1. The summed E-state index contributed by atoms with van der Waals surface area (Å²) < 4.78 is 4.69. The average molecular weight is 258 g/mol. The summed E-state index contributed by atoms with van der Waals surface area (Å²) in [5.74, 6) is -0.936. The summed E-state index contributed by atoms with van der Waals surface area (Å²) >= 11 is 0. The van der Waals surface area contributed by atoms with Crippen molar-refractivity contribution in [2.24, 2.45) is 0 Å². The highest BCUT2D eigenvalue weighted by Gasteiger charge is 2.34. The molecule has 6 nitrogen and oxygen atoms in total. The minimum absolute atomic E-state index is 0.135. The van der Waals surface area contributed by atoms with E-state index in [9.17, 15) is 14.4 Å². The second kappa shape index (κ2) is 7.68. The molecule has 0 aromatic heterocycles. The van der Waals surface area contributed by atoms with E-state index in [4.69, 9.17) is 0 Å². The van der Waals surface area contributed by atoms with Gasteiger partial charge in [0.1, 0.15) is 5.54 Å². The van der Waals surface area contributed by atoms with Gasteiger partial charge in [0, 0.05) is 19.9 Å². The normalized spacial score (nSPS) is 13.3. The number of carbonyl (C=O) groups excluding carboxylic acids is 3. The Bertz CT molecular complexity index is 317. The number of ether oxygens (including phenoxy) is 1. The van der Waals surface area contributed by atoms with Crippen LogP contribution in [0.1, 0.15) is 40.0 Å². The largest absolute Gasteiger partial charge is 0.467 e. The van der Waals surface area contributed by atoms with Crippen LogP contribution in [0.2, 0.25) is 0 Å². The van der Waals surface area contributed by atoms with E-state index in [2.05, 4.69) is 15.4 Å². The van der Waals surface area contributed by atoms with Gasteiger partial charge in [-0.05, 0) is 13.3 Å². The molecule has 104 valence electrons. The fourth-order valence-electron chi connectivity index (χ4n) is 1.66. The maximum Gasteiger partial charge on any atom is 0.331 e. The molecule has 0 bridgehead atoms. The van der Waals surface area contributed by atoms with Crippen molar-refractivity contribution in [3.8, 4) is 0 Å². The molecule has 0 saturated heterocycles. The number of rotatable bonds is 7. The predicted molar refractivity (Wildman–Crippen MR) is 66.8 cm³/mol. The second-order valence-corrected chi connectivity index (χ2v) is 4.35. The van der Waals surface area contributed by atoms with Gasteiger partial charge in [0.25, 0.3) is 0 Å². The van der Waals surface area contributed by atoms with Crippen LogP contribution in [0, 0.1) is 0 Å². The van der Waals surface area contributed by atoms with Crippen molar-refractivity contribution < 1.29 is 19.1 Å². The lowest BCUT2D eigenvalue weighted by Gasteiger charge is -2.27. The lowest BCUT2D eigenvalue weighted by molar-refractivity contribution is -0.150. The summed E-state index contributed by atoms with van der Waals surface area (Å²) in [6.07, 6.45) is 1.39. The third-order valence-corrected chi connectivity index (χ3v) is 2.53. The molecule has 6 heteroatoms. The van der Waals surface area contributed by atoms with Crippen molar-refractivity contribution in [2.75, 3.05) is 13.7 Å². The van der Waals surface area contributed by atoms with Crippen LogP contribution >= 0.6 is 0 Å². The van der Waals surface area contributed by atoms with Gasteiger partial charge in [-0.3, -0.25) is 9.59 Å². The number of nitrogens with one attached hydrogen (secondary N) is 2. The van der Waals surface area contributed by atoms with Crippen molar-refractivity contribution in [1.29, 1.82) is 0 Å². The summed E-state index contributed by atoms with van der Waals surface area (Å²) in [4.78, 5) is 34.0.